The number of phosphoric acid groups is 1. The number of aliphatic hydroxyl groups excluding tert-OH is 2. The van der Waals surface area contributed by atoms with E-state index in [4.69, 9.17) is 29.0 Å². The van der Waals surface area contributed by atoms with Crippen LogP contribution in [0.2, 0.25) is 0 Å². The van der Waals surface area contributed by atoms with Gasteiger partial charge in [0.1, 0.15) is 49.4 Å². The minimum Gasteiger partial charge on any atom is -0.456 e. The summed E-state index contributed by atoms with van der Waals surface area (Å²) >= 11 is 0.759. The first-order valence-electron chi connectivity index (χ1n) is 10.5. The minimum atomic E-state index is -4.93. The average Bonchev–Trinajstić information content (AvgIpc) is 3.40. The Labute approximate surface area is 213 Å². The van der Waals surface area contributed by atoms with E-state index in [9.17, 15) is 34.5 Å². The maximum atomic E-state index is 12.4. The number of carbonyl (C=O) groups is 2. The van der Waals surface area contributed by atoms with Crippen molar-refractivity contribution < 1.29 is 52.5 Å². The molecule has 202 valence electrons. The van der Waals surface area contributed by atoms with E-state index in [0.717, 1.165) is 25.0 Å². The molecule has 1 aliphatic rings. The lowest BCUT2D eigenvalue weighted by Gasteiger charge is -2.25. The van der Waals surface area contributed by atoms with Crippen molar-refractivity contribution in [2.24, 2.45) is 0 Å². The van der Waals surface area contributed by atoms with Gasteiger partial charge < -0.3 is 35.1 Å². The number of hydrogen-bond acceptors (Lipinski definition) is 15. The lowest BCUT2D eigenvalue weighted by molar-refractivity contribution is -0.150. The summed E-state index contributed by atoms with van der Waals surface area (Å²) in [5.74, 6) is -0.629. The number of aliphatic hydroxyl groups is 2. The second-order valence-corrected chi connectivity index (χ2v) is 9.91. The van der Waals surface area contributed by atoms with Gasteiger partial charge in [-0.2, -0.15) is 10.4 Å². The van der Waals surface area contributed by atoms with E-state index in [0.29, 0.717) is 5.52 Å². The van der Waals surface area contributed by atoms with Gasteiger partial charge in [0.15, 0.2) is 11.9 Å². The third-order valence-corrected chi connectivity index (χ3v) is 6.57. The Morgan fingerprint density at radius 3 is 2.76 bits per heavy atom. The van der Waals surface area contributed by atoms with Gasteiger partial charge in [0, 0.05) is 6.92 Å². The van der Waals surface area contributed by atoms with Crippen molar-refractivity contribution in [3.63, 3.8) is 0 Å². The lowest BCUT2D eigenvalue weighted by atomic mass is 9.96. The average molecular weight is 561 g/mol. The van der Waals surface area contributed by atoms with Crippen LogP contribution in [-0.2, 0) is 32.6 Å². The van der Waals surface area contributed by atoms with Crippen molar-refractivity contribution in [1.82, 2.24) is 14.6 Å². The highest BCUT2D eigenvalue weighted by atomic mass is 32.2. The van der Waals surface area contributed by atoms with Crippen LogP contribution in [0.5, 0.6) is 0 Å². The molecule has 0 aromatic carbocycles. The maximum absolute atomic E-state index is 12.4. The minimum absolute atomic E-state index is 0.137. The summed E-state index contributed by atoms with van der Waals surface area (Å²) in [5.41, 5.74) is 4.12. The van der Waals surface area contributed by atoms with Crippen LogP contribution in [-0.4, -0.2) is 91.0 Å². The molecule has 0 radical (unpaired) electrons. The number of ether oxygens (including phenoxy) is 3. The number of nitrogens with zero attached hydrogens (tertiary/aromatic N) is 4. The molecular weight excluding hydrogens is 537 g/mol. The highest BCUT2D eigenvalue weighted by molar-refractivity contribution is 8.12. The van der Waals surface area contributed by atoms with Gasteiger partial charge in [0.2, 0.25) is 5.60 Å². The summed E-state index contributed by atoms with van der Waals surface area (Å²) in [5, 5.41) is 34.3. The molecule has 2 aromatic heterocycles. The summed E-state index contributed by atoms with van der Waals surface area (Å²) in [6, 6.07) is 4.71. The van der Waals surface area contributed by atoms with E-state index >= 15 is 0 Å². The van der Waals surface area contributed by atoms with Gasteiger partial charge in [-0.25, -0.2) is 18.9 Å². The van der Waals surface area contributed by atoms with Gasteiger partial charge in [-0.05, 0) is 30.2 Å². The van der Waals surface area contributed by atoms with Crippen LogP contribution in [0.15, 0.2) is 18.5 Å². The number of nitriles is 1. The van der Waals surface area contributed by atoms with E-state index in [1.165, 1.54) is 16.8 Å². The number of fused-ring (bicyclic) bond motifs is 1. The zero-order chi connectivity index (χ0) is 27.4. The van der Waals surface area contributed by atoms with Crippen molar-refractivity contribution in [3.05, 3.63) is 24.2 Å². The third kappa shape index (κ3) is 6.55. The van der Waals surface area contributed by atoms with Gasteiger partial charge in [-0.3, -0.25) is 13.8 Å². The molecule has 3 rings (SSSR count). The normalized spacial score (nSPS) is 25.8. The predicted octanol–water partition coefficient (Wildman–Crippen LogP) is -0.0681. The fourth-order valence-electron chi connectivity index (χ4n) is 3.44. The number of anilines is 1. The Morgan fingerprint density at radius 2 is 2.11 bits per heavy atom. The SMILES string of the molecule is CSC(=O)OCC(COP(=O)(O)OC[C@@]1(C#N)O[C@@H](c2ccc3c(N)ncnn23)[C@H](O)[C@@H]1O)OC(C)=O. The molecular formula is C19H24N5O11PS. The quantitative estimate of drug-likeness (QED) is 0.219. The van der Waals surface area contributed by atoms with Gasteiger partial charge in [0.05, 0.1) is 12.3 Å². The summed E-state index contributed by atoms with van der Waals surface area (Å²) in [4.78, 5) is 36.5. The Morgan fingerprint density at radius 1 is 1.38 bits per heavy atom. The predicted molar refractivity (Wildman–Crippen MR) is 124 cm³/mol. The van der Waals surface area contributed by atoms with Gasteiger partial charge in [0.25, 0.3) is 0 Å². The molecule has 1 fully saturated rings. The van der Waals surface area contributed by atoms with Crippen molar-refractivity contribution >= 4 is 42.2 Å². The smallest absolute Gasteiger partial charge is 0.456 e. The number of phosphoric ester groups is 1. The highest BCUT2D eigenvalue weighted by Crippen LogP contribution is 2.47. The van der Waals surface area contributed by atoms with Gasteiger partial charge >= 0.3 is 19.1 Å². The second kappa shape index (κ2) is 11.7. The topological polar surface area (TPSA) is 238 Å². The highest BCUT2D eigenvalue weighted by Gasteiger charge is 2.57. The molecule has 0 amide bonds. The number of nitrogens with two attached hydrogens (primary N) is 1. The van der Waals surface area contributed by atoms with Crippen LogP contribution in [0, 0.1) is 11.3 Å². The Hall–Kier alpha value is -2.81. The zero-order valence-corrected chi connectivity index (χ0v) is 21.2. The standard InChI is InChI=1S/C19H24N5O11PS/c1-10(25)34-11(5-31-18(28)37-2)6-32-36(29,30)33-8-19(7-20)16(27)14(26)15(35-19)12-3-4-13-17(21)22-9-23-24(12)13/h3-4,9,11,14-16,26-27H,5-6,8H2,1-2H3,(H,29,30)(H2,21,22,23)/t11?,14-,15-,16-,19+/m0/s1. The monoisotopic (exact) mass is 561 g/mol. The molecule has 0 aliphatic carbocycles. The zero-order valence-electron chi connectivity index (χ0n) is 19.5. The van der Waals surface area contributed by atoms with E-state index in [-0.39, 0.29) is 11.5 Å². The molecule has 0 saturated carbocycles. The molecule has 16 nitrogen and oxygen atoms in total. The largest absolute Gasteiger partial charge is 0.472 e. The molecule has 5 N–H and O–H groups in total. The van der Waals surface area contributed by atoms with Crippen molar-refractivity contribution in [2.45, 2.75) is 36.9 Å². The summed E-state index contributed by atoms with van der Waals surface area (Å²) < 4.78 is 38.8. The molecule has 18 heteroatoms. The Bertz CT molecular complexity index is 1240. The van der Waals surface area contributed by atoms with E-state index in [1.807, 2.05) is 0 Å². The molecule has 6 atom stereocenters. The van der Waals surface area contributed by atoms with Crippen molar-refractivity contribution in [3.8, 4) is 6.07 Å². The molecule has 3 heterocycles. The fourth-order valence-corrected chi connectivity index (χ4v) is 4.41. The van der Waals surface area contributed by atoms with E-state index in [1.54, 1.807) is 12.1 Å². The molecule has 2 aromatic rings. The molecule has 2 unspecified atom stereocenters. The van der Waals surface area contributed by atoms with Crippen LogP contribution < -0.4 is 5.73 Å². The first-order chi connectivity index (χ1) is 17.4. The summed E-state index contributed by atoms with van der Waals surface area (Å²) in [6.45, 7) is -1.09. The van der Waals surface area contributed by atoms with E-state index in [2.05, 4.69) is 10.1 Å². The summed E-state index contributed by atoms with van der Waals surface area (Å²) in [6.07, 6.45) is -3.44. The van der Waals surface area contributed by atoms with E-state index < -0.39 is 68.9 Å². The number of thioether (sulfide) groups is 1. The maximum Gasteiger partial charge on any atom is 0.472 e. The fraction of sp³-hybridized carbons (Fsp3) is 0.526. The molecule has 0 spiro atoms. The van der Waals surface area contributed by atoms with Crippen LogP contribution in [0.4, 0.5) is 10.6 Å². The number of aromatic nitrogens is 3. The molecule has 1 saturated heterocycles. The van der Waals surface area contributed by atoms with Crippen LogP contribution in [0.1, 0.15) is 18.7 Å². The number of carbonyl (C=O) groups excluding carboxylic acids is 2. The molecule has 1 aliphatic heterocycles. The lowest BCUT2D eigenvalue weighted by Crippen LogP contribution is -2.45. The first kappa shape index (κ1) is 28.8. The molecule has 37 heavy (non-hydrogen) atoms. The number of esters is 1. The Kier molecular flexibility index (Phi) is 9.10. The van der Waals surface area contributed by atoms with Crippen molar-refractivity contribution in [1.29, 1.82) is 5.26 Å². The van der Waals surface area contributed by atoms with Gasteiger partial charge in [-0.1, -0.05) is 0 Å². The van der Waals surface area contributed by atoms with Gasteiger partial charge in [-0.15, -0.1) is 0 Å². The van der Waals surface area contributed by atoms with Crippen LogP contribution >= 0.6 is 19.6 Å². The van der Waals surface area contributed by atoms with Crippen LogP contribution in [0.25, 0.3) is 5.52 Å². The first-order valence-corrected chi connectivity index (χ1v) is 13.2. The Balaban J connectivity index is 1.69. The number of hydrogen-bond donors (Lipinski definition) is 4. The third-order valence-electron chi connectivity index (χ3n) is 5.19. The summed E-state index contributed by atoms with van der Waals surface area (Å²) in [7, 11) is -4.93. The van der Waals surface area contributed by atoms with Crippen LogP contribution in [0.3, 0.4) is 0 Å². The number of rotatable bonds is 10. The molecule has 0 bridgehead atoms. The second-order valence-electron chi connectivity index (χ2n) is 7.71. The number of nitrogen functional groups attached to an aromatic ring is 1. The van der Waals surface area contributed by atoms with Crippen molar-refractivity contribution in [2.75, 3.05) is 31.8 Å².